The van der Waals surface area contributed by atoms with E-state index in [2.05, 4.69) is 6.92 Å². The largest absolute Gasteiger partial charge is 0.381 e. The van der Waals surface area contributed by atoms with E-state index in [-0.39, 0.29) is 0 Å². The summed E-state index contributed by atoms with van der Waals surface area (Å²) < 4.78 is 5.44. The molecule has 0 spiro atoms. The molecule has 2 heteroatoms. The number of ether oxygens (including phenoxy) is 1. The second-order valence-corrected chi connectivity index (χ2v) is 3.64. The normalized spacial score (nSPS) is 12.8. The molecule has 2 nitrogen and oxygen atoms in total. The standard InChI is InChI=1S/C11H22O2/c1-3-4-5-6-9-13-10-11(2)7-8-12/h8,11H,3-7,9-10H2,1-2H3/t11-/m0/s1. The summed E-state index contributed by atoms with van der Waals surface area (Å²) in [5, 5.41) is 0. The zero-order valence-electron chi connectivity index (χ0n) is 8.92. The Hall–Kier alpha value is -0.370. The van der Waals surface area contributed by atoms with E-state index in [0.717, 1.165) is 25.9 Å². The molecule has 78 valence electrons. The smallest absolute Gasteiger partial charge is 0.120 e. The number of rotatable bonds is 9. The minimum atomic E-state index is 0.378. The third kappa shape index (κ3) is 9.54. The highest BCUT2D eigenvalue weighted by molar-refractivity contribution is 5.49. The van der Waals surface area contributed by atoms with Gasteiger partial charge in [-0.25, -0.2) is 0 Å². The van der Waals surface area contributed by atoms with Crippen LogP contribution < -0.4 is 0 Å². The Kier molecular flexibility index (Phi) is 9.44. The lowest BCUT2D eigenvalue weighted by atomic mass is 10.1. The van der Waals surface area contributed by atoms with E-state index in [4.69, 9.17) is 4.74 Å². The average Bonchev–Trinajstić information content (AvgIpc) is 2.11. The lowest BCUT2D eigenvalue weighted by molar-refractivity contribution is -0.108. The van der Waals surface area contributed by atoms with Gasteiger partial charge >= 0.3 is 0 Å². The molecule has 13 heavy (non-hydrogen) atoms. The molecule has 1 atom stereocenters. The van der Waals surface area contributed by atoms with Crippen LogP contribution >= 0.6 is 0 Å². The number of carbonyl (C=O) groups excluding carboxylic acids is 1. The van der Waals surface area contributed by atoms with Gasteiger partial charge in [-0.2, -0.15) is 0 Å². The van der Waals surface area contributed by atoms with Crippen LogP contribution in [0.15, 0.2) is 0 Å². The summed E-state index contributed by atoms with van der Waals surface area (Å²) in [5.41, 5.74) is 0. The molecule has 0 N–H and O–H groups in total. The molecule has 0 fully saturated rings. The van der Waals surface area contributed by atoms with Crippen molar-refractivity contribution in [3.63, 3.8) is 0 Å². The molecule has 0 aliphatic carbocycles. The predicted molar refractivity (Wildman–Crippen MR) is 54.8 cm³/mol. The first-order valence-electron chi connectivity index (χ1n) is 5.32. The Balaban J connectivity index is 3.01. The minimum Gasteiger partial charge on any atom is -0.381 e. The molecule has 0 amide bonds. The van der Waals surface area contributed by atoms with E-state index in [1.165, 1.54) is 19.3 Å². The highest BCUT2D eigenvalue weighted by atomic mass is 16.5. The summed E-state index contributed by atoms with van der Waals surface area (Å²) in [5.74, 6) is 0.378. The topological polar surface area (TPSA) is 26.3 Å². The Labute approximate surface area is 81.7 Å². The number of hydrogen-bond donors (Lipinski definition) is 0. The Morgan fingerprint density at radius 2 is 2.08 bits per heavy atom. The summed E-state index contributed by atoms with van der Waals surface area (Å²) in [6, 6.07) is 0. The van der Waals surface area contributed by atoms with Crippen LogP contribution in [-0.4, -0.2) is 19.5 Å². The molecular formula is C11H22O2. The zero-order valence-corrected chi connectivity index (χ0v) is 8.92. The maximum Gasteiger partial charge on any atom is 0.120 e. The maximum absolute atomic E-state index is 10.1. The predicted octanol–water partition coefficient (Wildman–Crippen LogP) is 2.81. The highest BCUT2D eigenvalue weighted by Gasteiger charge is 1.99. The van der Waals surface area contributed by atoms with Crippen molar-refractivity contribution >= 4 is 6.29 Å². The molecule has 0 radical (unpaired) electrons. The van der Waals surface area contributed by atoms with Gasteiger partial charge in [0.25, 0.3) is 0 Å². The van der Waals surface area contributed by atoms with E-state index >= 15 is 0 Å². The van der Waals surface area contributed by atoms with E-state index in [9.17, 15) is 4.79 Å². The Bertz CT molecular complexity index is 113. The third-order valence-corrected chi connectivity index (χ3v) is 2.04. The van der Waals surface area contributed by atoms with E-state index in [1.54, 1.807) is 0 Å². The molecule has 0 saturated heterocycles. The molecule has 0 unspecified atom stereocenters. The summed E-state index contributed by atoms with van der Waals surface area (Å²) in [7, 11) is 0. The Morgan fingerprint density at radius 1 is 1.31 bits per heavy atom. The molecule has 0 aliphatic heterocycles. The second kappa shape index (κ2) is 9.72. The van der Waals surface area contributed by atoms with E-state index in [1.807, 2.05) is 6.92 Å². The molecule has 0 saturated carbocycles. The summed E-state index contributed by atoms with van der Waals surface area (Å²) >= 11 is 0. The lowest BCUT2D eigenvalue weighted by Crippen LogP contribution is -2.07. The van der Waals surface area contributed by atoms with Gasteiger partial charge in [0, 0.05) is 19.6 Å². The van der Waals surface area contributed by atoms with Crippen LogP contribution in [0.4, 0.5) is 0 Å². The van der Waals surface area contributed by atoms with Gasteiger partial charge < -0.3 is 9.53 Å². The molecule has 0 aliphatic rings. The van der Waals surface area contributed by atoms with Gasteiger partial charge in [0.05, 0.1) is 0 Å². The minimum absolute atomic E-state index is 0.378. The van der Waals surface area contributed by atoms with Crippen molar-refractivity contribution in [2.45, 2.75) is 46.0 Å². The van der Waals surface area contributed by atoms with Crippen LogP contribution in [-0.2, 0) is 9.53 Å². The third-order valence-electron chi connectivity index (χ3n) is 2.04. The van der Waals surface area contributed by atoms with Gasteiger partial charge in [0.2, 0.25) is 0 Å². The van der Waals surface area contributed by atoms with Gasteiger partial charge in [-0.1, -0.05) is 33.1 Å². The number of unbranched alkanes of at least 4 members (excludes halogenated alkanes) is 3. The zero-order chi connectivity index (χ0) is 9.94. The van der Waals surface area contributed by atoms with Gasteiger partial charge in [-0.3, -0.25) is 0 Å². The molecule has 0 heterocycles. The van der Waals surface area contributed by atoms with Crippen LogP contribution in [0.1, 0.15) is 46.0 Å². The van der Waals surface area contributed by atoms with Crippen molar-refractivity contribution in [1.29, 1.82) is 0 Å². The van der Waals surface area contributed by atoms with Gasteiger partial charge in [0.15, 0.2) is 0 Å². The number of carbonyl (C=O) groups is 1. The van der Waals surface area contributed by atoms with Crippen molar-refractivity contribution < 1.29 is 9.53 Å². The van der Waals surface area contributed by atoms with Gasteiger partial charge in [-0.05, 0) is 12.3 Å². The van der Waals surface area contributed by atoms with Gasteiger partial charge in [-0.15, -0.1) is 0 Å². The van der Waals surface area contributed by atoms with Crippen LogP contribution in [0, 0.1) is 5.92 Å². The van der Waals surface area contributed by atoms with Crippen LogP contribution in [0.2, 0.25) is 0 Å². The molecule has 0 bridgehead atoms. The van der Waals surface area contributed by atoms with Crippen molar-refractivity contribution in [1.82, 2.24) is 0 Å². The fourth-order valence-corrected chi connectivity index (χ4v) is 1.15. The fraction of sp³-hybridized carbons (Fsp3) is 0.909. The molecular weight excluding hydrogens is 164 g/mol. The van der Waals surface area contributed by atoms with Crippen LogP contribution in [0.25, 0.3) is 0 Å². The molecule has 0 aromatic carbocycles. The molecule has 0 rings (SSSR count). The monoisotopic (exact) mass is 186 g/mol. The lowest BCUT2D eigenvalue weighted by Gasteiger charge is -2.08. The van der Waals surface area contributed by atoms with Crippen LogP contribution in [0.3, 0.4) is 0 Å². The quantitative estimate of drug-likeness (QED) is 0.409. The first-order chi connectivity index (χ1) is 6.31. The average molecular weight is 186 g/mol. The fourth-order valence-electron chi connectivity index (χ4n) is 1.15. The highest BCUT2D eigenvalue weighted by Crippen LogP contribution is 2.02. The molecule has 0 aromatic heterocycles. The number of hydrogen-bond acceptors (Lipinski definition) is 2. The van der Waals surface area contributed by atoms with Gasteiger partial charge in [0.1, 0.15) is 6.29 Å². The van der Waals surface area contributed by atoms with Crippen molar-refractivity contribution in [3.8, 4) is 0 Å². The Morgan fingerprint density at radius 3 is 2.69 bits per heavy atom. The van der Waals surface area contributed by atoms with Crippen molar-refractivity contribution in [2.24, 2.45) is 5.92 Å². The first kappa shape index (κ1) is 12.6. The maximum atomic E-state index is 10.1. The van der Waals surface area contributed by atoms with E-state index < -0.39 is 0 Å². The summed E-state index contributed by atoms with van der Waals surface area (Å²) in [4.78, 5) is 10.1. The van der Waals surface area contributed by atoms with Crippen molar-refractivity contribution in [3.05, 3.63) is 0 Å². The SMILES string of the molecule is CCCCCCOC[C@@H](C)CC=O. The summed E-state index contributed by atoms with van der Waals surface area (Å²) in [6.07, 6.45) is 6.56. The first-order valence-corrected chi connectivity index (χ1v) is 5.32. The molecule has 0 aromatic rings. The van der Waals surface area contributed by atoms with E-state index in [0.29, 0.717) is 12.3 Å². The number of aldehydes is 1. The second-order valence-electron chi connectivity index (χ2n) is 3.64. The van der Waals surface area contributed by atoms with Crippen molar-refractivity contribution in [2.75, 3.05) is 13.2 Å². The summed E-state index contributed by atoms with van der Waals surface area (Å²) in [6.45, 7) is 5.82. The van der Waals surface area contributed by atoms with Crippen LogP contribution in [0.5, 0.6) is 0 Å².